The van der Waals surface area contributed by atoms with Gasteiger partial charge in [0.05, 0.1) is 5.92 Å². The van der Waals surface area contributed by atoms with E-state index >= 15 is 0 Å². The van der Waals surface area contributed by atoms with Gasteiger partial charge < -0.3 is 9.64 Å². The van der Waals surface area contributed by atoms with Gasteiger partial charge >= 0.3 is 6.09 Å². The molecule has 1 saturated heterocycles. The highest BCUT2D eigenvalue weighted by Gasteiger charge is 2.33. The Bertz CT molecular complexity index is 533. The zero-order valence-corrected chi connectivity index (χ0v) is 12.6. The number of carbonyl (C=O) groups is 2. The molecule has 1 atom stereocenters. The molecule has 5 heteroatoms. The Balaban J connectivity index is 2.11. The first-order valence-electron chi connectivity index (χ1n) is 7.02. The number of ketones is 1. The van der Waals surface area contributed by atoms with E-state index in [4.69, 9.17) is 4.74 Å². The normalized spacial score (nSPS) is 19.5. The minimum absolute atomic E-state index is 0.0708. The fourth-order valence-corrected chi connectivity index (χ4v) is 2.31. The van der Waals surface area contributed by atoms with Crippen LogP contribution < -0.4 is 0 Å². The van der Waals surface area contributed by atoms with Crippen molar-refractivity contribution in [2.75, 3.05) is 13.1 Å². The Morgan fingerprint density at radius 2 is 1.90 bits per heavy atom. The summed E-state index contributed by atoms with van der Waals surface area (Å²) < 4.78 is 18.3. The van der Waals surface area contributed by atoms with Gasteiger partial charge in [0.15, 0.2) is 0 Å². The molecule has 1 aliphatic heterocycles. The number of benzene rings is 1. The summed E-state index contributed by atoms with van der Waals surface area (Å²) in [5, 5.41) is 0. The van der Waals surface area contributed by atoms with Crippen molar-refractivity contribution in [2.45, 2.75) is 38.7 Å². The predicted octanol–water partition coefficient (Wildman–Crippen LogP) is 3.12. The molecule has 4 nitrogen and oxygen atoms in total. The minimum atomic E-state index is -0.566. The highest BCUT2D eigenvalue weighted by molar-refractivity contribution is 5.88. The van der Waals surface area contributed by atoms with Crippen LogP contribution in [0.5, 0.6) is 0 Å². The van der Waals surface area contributed by atoms with Gasteiger partial charge in [-0.1, -0.05) is 12.1 Å². The molecule has 21 heavy (non-hydrogen) atoms. The maximum absolute atomic E-state index is 13.0. The standard InChI is InChI=1S/C16H20FNO3/c1-16(2,3)21-15(20)18-9-8-14(19)13(10-18)11-4-6-12(17)7-5-11/h4-7,13H,8-10H2,1-3H3/t13-/m1/s1. The summed E-state index contributed by atoms with van der Waals surface area (Å²) >= 11 is 0. The van der Waals surface area contributed by atoms with E-state index < -0.39 is 17.6 Å². The molecule has 2 rings (SSSR count). The maximum Gasteiger partial charge on any atom is 0.410 e. The maximum atomic E-state index is 13.0. The summed E-state index contributed by atoms with van der Waals surface area (Å²) in [5.74, 6) is -0.681. The third-order valence-corrected chi connectivity index (χ3v) is 3.34. The van der Waals surface area contributed by atoms with Crippen LogP contribution in [-0.2, 0) is 9.53 Å². The number of ether oxygens (including phenoxy) is 1. The van der Waals surface area contributed by atoms with E-state index in [1.165, 1.54) is 12.1 Å². The van der Waals surface area contributed by atoms with E-state index in [1.54, 1.807) is 37.8 Å². The van der Waals surface area contributed by atoms with Crippen molar-refractivity contribution in [2.24, 2.45) is 0 Å². The zero-order valence-electron chi connectivity index (χ0n) is 12.6. The van der Waals surface area contributed by atoms with Gasteiger partial charge in [0.25, 0.3) is 0 Å². The molecule has 0 saturated carbocycles. The van der Waals surface area contributed by atoms with Crippen LogP contribution in [0.1, 0.15) is 38.7 Å². The lowest BCUT2D eigenvalue weighted by atomic mass is 9.89. The number of carbonyl (C=O) groups excluding carboxylic acids is 2. The molecular weight excluding hydrogens is 273 g/mol. The average Bonchev–Trinajstić information content (AvgIpc) is 2.38. The second kappa shape index (κ2) is 5.84. The molecule has 0 aromatic heterocycles. The van der Waals surface area contributed by atoms with Crippen LogP contribution in [0, 0.1) is 5.82 Å². The average molecular weight is 293 g/mol. The quantitative estimate of drug-likeness (QED) is 0.799. The Hall–Kier alpha value is -1.91. The molecule has 1 heterocycles. The fourth-order valence-electron chi connectivity index (χ4n) is 2.31. The lowest BCUT2D eigenvalue weighted by Crippen LogP contribution is -2.45. The number of hydrogen-bond acceptors (Lipinski definition) is 3. The largest absolute Gasteiger partial charge is 0.444 e. The topological polar surface area (TPSA) is 46.6 Å². The summed E-state index contributed by atoms with van der Waals surface area (Å²) in [6, 6.07) is 5.84. The Kier molecular flexibility index (Phi) is 4.30. The van der Waals surface area contributed by atoms with Gasteiger partial charge in [-0.3, -0.25) is 4.79 Å². The van der Waals surface area contributed by atoms with Crippen molar-refractivity contribution in [1.82, 2.24) is 4.90 Å². The fraction of sp³-hybridized carbons (Fsp3) is 0.500. The summed E-state index contributed by atoms with van der Waals surface area (Å²) in [4.78, 5) is 25.7. The number of Topliss-reactive ketones (excluding diaryl/α,β-unsaturated/α-hetero) is 1. The van der Waals surface area contributed by atoms with E-state index in [-0.39, 0.29) is 18.1 Å². The lowest BCUT2D eigenvalue weighted by Gasteiger charge is -2.33. The zero-order chi connectivity index (χ0) is 15.6. The molecule has 1 aliphatic rings. The summed E-state index contributed by atoms with van der Waals surface area (Å²) in [5.41, 5.74) is 0.166. The van der Waals surface area contributed by atoms with Crippen LogP contribution in [0.25, 0.3) is 0 Å². The Labute approximate surface area is 123 Å². The monoisotopic (exact) mass is 293 g/mol. The number of halogens is 1. The van der Waals surface area contributed by atoms with Crippen LogP contribution in [0.2, 0.25) is 0 Å². The van der Waals surface area contributed by atoms with Crippen LogP contribution in [0.4, 0.5) is 9.18 Å². The van der Waals surface area contributed by atoms with Crippen molar-refractivity contribution in [3.05, 3.63) is 35.6 Å². The number of rotatable bonds is 1. The molecule has 1 fully saturated rings. The molecule has 0 unspecified atom stereocenters. The molecule has 114 valence electrons. The number of nitrogens with zero attached hydrogens (tertiary/aromatic N) is 1. The van der Waals surface area contributed by atoms with E-state index in [0.29, 0.717) is 13.0 Å². The lowest BCUT2D eigenvalue weighted by molar-refractivity contribution is -0.123. The van der Waals surface area contributed by atoms with Gasteiger partial charge in [0.2, 0.25) is 0 Å². The summed E-state index contributed by atoms with van der Waals surface area (Å²) in [6.45, 7) is 6.05. The van der Waals surface area contributed by atoms with E-state index in [1.807, 2.05) is 0 Å². The van der Waals surface area contributed by atoms with Gasteiger partial charge in [0, 0.05) is 19.5 Å². The third-order valence-electron chi connectivity index (χ3n) is 3.34. The van der Waals surface area contributed by atoms with Crippen LogP contribution in [-0.4, -0.2) is 35.5 Å². The molecule has 0 spiro atoms. The van der Waals surface area contributed by atoms with Crippen molar-refractivity contribution in [3.8, 4) is 0 Å². The molecule has 0 bridgehead atoms. The molecule has 0 radical (unpaired) electrons. The van der Waals surface area contributed by atoms with Gasteiger partial charge in [-0.05, 0) is 38.5 Å². The SMILES string of the molecule is CC(C)(C)OC(=O)N1CCC(=O)[C@@H](c2ccc(F)cc2)C1. The van der Waals surface area contributed by atoms with Crippen LogP contribution in [0.15, 0.2) is 24.3 Å². The first-order valence-corrected chi connectivity index (χ1v) is 7.02. The van der Waals surface area contributed by atoms with Gasteiger partial charge in [0.1, 0.15) is 17.2 Å². The van der Waals surface area contributed by atoms with Crippen molar-refractivity contribution in [1.29, 1.82) is 0 Å². The molecule has 1 amide bonds. The van der Waals surface area contributed by atoms with Crippen molar-refractivity contribution < 1.29 is 18.7 Å². The van der Waals surface area contributed by atoms with E-state index in [2.05, 4.69) is 0 Å². The Morgan fingerprint density at radius 3 is 2.48 bits per heavy atom. The molecule has 1 aromatic rings. The smallest absolute Gasteiger partial charge is 0.410 e. The van der Waals surface area contributed by atoms with Crippen molar-refractivity contribution in [3.63, 3.8) is 0 Å². The number of likely N-dealkylation sites (tertiary alicyclic amines) is 1. The predicted molar refractivity (Wildman–Crippen MR) is 76.6 cm³/mol. The number of hydrogen-bond donors (Lipinski definition) is 0. The van der Waals surface area contributed by atoms with E-state index in [0.717, 1.165) is 5.56 Å². The summed E-state index contributed by atoms with van der Waals surface area (Å²) in [7, 11) is 0. The molecule has 1 aromatic carbocycles. The summed E-state index contributed by atoms with van der Waals surface area (Å²) in [6.07, 6.45) is -0.122. The van der Waals surface area contributed by atoms with Gasteiger partial charge in [-0.25, -0.2) is 9.18 Å². The second-order valence-electron chi connectivity index (χ2n) is 6.25. The number of piperidine rings is 1. The van der Waals surface area contributed by atoms with Crippen LogP contribution >= 0.6 is 0 Å². The second-order valence-corrected chi connectivity index (χ2v) is 6.25. The molecule has 0 N–H and O–H groups in total. The third kappa shape index (κ3) is 4.03. The van der Waals surface area contributed by atoms with Crippen LogP contribution in [0.3, 0.4) is 0 Å². The highest BCUT2D eigenvalue weighted by atomic mass is 19.1. The number of amides is 1. The van der Waals surface area contributed by atoms with Gasteiger partial charge in [-0.2, -0.15) is 0 Å². The molecule has 0 aliphatic carbocycles. The highest BCUT2D eigenvalue weighted by Crippen LogP contribution is 2.25. The molecular formula is C16H20FNO3. The minimum Gasteiger partial charge on any atom is -0.444 e. The first-order chi connectivity index (χ1) is 9.76. The van der Waals surface area contributed by atoms with Crippen molar-refractivity contribution >= 4 is 11.9 Å². The van der Waals surface area contributed by atoms with Gasteiger partial charge in [-0.15, -0.1) is 0 Å². The van der Waals surface area contributed by atoms with E-state index in [9.17, 15) is 14.0 Å². The Morgan fingerprint density at radius 1 is 1.29 bits per heavy atom. The first kappa shape index (κ1) is 15.5.